The molecule has 0 radical (unpaired) electrons. The number of carbonyl (C=O) groups is 2. The Balaban J connectivity index is 1.63. The van der Waals surface area contributed by atoms with E-state index >= 15 is 0 Å². The predicted octanol–water partition coefficient (Wildman–Crippen LogP) is 2.81. The molecule has 0 spiro atoms. The first-order valence-electron chi connectivity index (χ1n) is 10.2. The van der Waals surface area contributed by atoms with Gasteiger partial charge in [-0.15, -0.1) is 0 Å². The number of nitrogens with zero attached hydrogens (tertiary/aromatic N) is 4. The van der Waals surface area contributed by atoms with Gasteiger partial charge in [-0.1, -0.05) is 12.1 Å². The highest BCUT2D eigenvalue weighted by molar-refractivity contribution is 6.06. The van der Waals surface area contributed by atoms with Crippen molar-refractivity contribution in [2.75, 3.05) is 18.5 Å². The number of benzene rings is 1. The maximum Gasteiger partial charge on any atom is 0.341 e. The highest BCUT2D eigenvalue weighted by atomic mass is 19.1. The van der Waals surface area contributed by atoms with Gasteiger partial charge in [-0.2, -0.15) is 5.10 Å². The lowest BCUT2D eigenvalue weighted by atomic mass is 10.1. The molecule has 1 aromatic carbocycles. The zero-order chi connectivity index (χ0) is 22.1. The van der Waals surface area contributed by atoms with Gasteiger partial charge in [0.15, 0.2) is 5.65 Å². The van der Waals surface area contributed by atoms with Gasteiger partial charge in [0, 0.05) is 26.3 Å². The number of amides is 1. The van der Waals surface area contributed by atoms with Crippen LogP contribution in [0.5, 0.6) is 0 Å². The smallest absolute Gasteiger partial charge is 0.341 e. The first kappa shape index (κ1) is 20.8. The van der Waals surface area contributed by atoms with Gasteiger partial charge in [0.25, 0.3) is 0 Å². The second-order valence-electron chi connectivity index (χ2n) is 7.55. The van der Waals surface area contributed by atoms with Crippen LogP contribution in [-0.2, 0) is 23.1 Å². The molecule has 162 valence electrons. The monoisotopic (exact) mass is 425 g/mol. The largest absolute Gasteiger partial charge is 0.462 e. The average Bonchev–Trinajstić information content (AvgIpc) is 3.23. The van der Waals surface area contributed by atoms with E-state index in [2.05, 4.69) is 15.4 Å². The van der Waals surface area contributed by atoms with E-state index in [4.69, 9.17) is 4.74 Å². The summed E-state index contributed by atoms with van der Waals surface area (Å²) < 4.78 is 20.0. The summed E-state index contributed by atoms with van der Waals surface area (Å²) in [7, 11) is 1.78. The van der Waals surface area contributed by atoms with E-state index in [9.17, 15) is 14.0 Å². The minimum Gasteiger partial charge on any atom is -0.462 e. The lowest BCUT2D eigenvalue weighted by Crippen LogP contribution is -2.33. The van der Waals surface area contributed by atoms with Crippen LogP contribution in [0.25, 0.3) is 11.0 Å². The number of hydrogen-bond donors (Lipinski definition) is 1. The number of halogens is 1. The number of aryl methyl sites for hydroxylation is 2. The molecule has 1 unspecified atom stereocenters. The van der Waals surface area contributed by atoms with E-state index in [1.807, 2.05) is 6.92 Å². The van der Waals surface area contributed by atoms with Crippen molar-refractivity contribution in [3.05, 3.63) is 53.1 Å². The van der Waals surface area contributed by atoms with E-state index in [1.54, 1.807) is 35.7 Å². The summed E-state index contributed by atoms with van der Waals surface area (Å²) in [5, 5.41) is 8.37. The van der Waals surface area contributed by atoms with Gasteiger partial charge in [-0.25, -0.2) is 14.2 Å². The van der Waals surface area contributed by atoms with Crippen molar-refractivity contribution in [2.24, 2.45) is 7.05 Å². The molecule has 9 heteroatoms. The normalized spacial score (nSPS) is 16.2. The van der Waals surface area contributed by atoms with Crippen LogP contribution < -0.4 is 5.32 Å². The molecule has 0 saturated carbocycles. The van der Waals surface area contributed by atoms with Crippen molar-refractivity contribution in [1.29, 1.82) is 0 Å². The molecule has 0 bridgehead atoms. The molecule has 1 aliphatic rings. The van der Waals surface area contributed by atoms with Crippen LogP contribution in [0.3, 0.4) is 0 Å². The summed E-state index contributed by atoms with van der Waals surface area (Å²) in [5.41, 5.74) is 2.96. The summed E-state index contributed by atoms with van der Waals surface area (Å²) in [6.07, 6.45) is 2.03. The van der Waals surface area contributed by atoms with Crippen molar-refractivity contribution >= 4 is 28.6 Å². The Labute approximate surface area is 179 Å². The third kappa shape index (κ3) is 3.95. The van der Waals surface area contributed by atoms with Crippen molar-refractivity contribution in [3.63, 3.8) is 0 Å². The summed E-state index contributed by atoms with van der Waals surface area (Å²) >= 11 is 0. The maximum atomic E-state index is 13.2. The molecule has 1 amide bonds. The van der Waals surface area contributed by atoms with E-state index in [-0.39, 0.29) is 23.9 Å². The first-order chi connectivity index (χ1) is 14.9. The number of aromatic nitrogens is 3. The highest BCUT2D eigenvalue weighted by Gasteiger charge is 2.33. The molecule has 3 aromatic rings. The topological polar surface area (TPSA) is 89.3 Å². The van der Waals surface area contributed by atoms with Crippen LogP contribution in [0.15, 0.2) is 30.5 Å². The number of hydrogen-bond acceptors (Lipinski definition) is 6. The minimum absolute atomic E-state index is 0.0781. The SMILES string of the molecule is CCOC(=O)c1cnc2c(c(C)nn2C)c1NC1CCN(Cc2ccc(F)cc2)C1=O. The molecular weight excluding hydrogens is 401 g/mol. The number of nitrogens with one attached hydrogen (secondary N) is 1. The molecule has 1 fully saturated rings. The number of fused-ring (bicyclic) bond motifs is 1. The first-order valence-corrected chi connectivity index (χ1v) is 10.2. The zero-order valence-corrected chi connectivity index (χ0v) is 17.7. The molecule has 4 rings (SSSR count). The van der Waals surface area contributed by atoms with Crippen LogP contribution in [0.1, 0.15) is 35.0 Å². The summed E-state index contributed by atoms with van der Waals surface area (Å²) in [4.78, 5) is 31.7. The van der Waals surface area contributed by atoms with Crippen LogP contribution in [0.2, 0.25) is 0 Å². The van der Waals surface area contributed by atoms with Gasteiger partial charge in [0.05, 0.1) is 23.4 Å². The third-order valence-electron chi connectivity index (χ3n) is 5.43. The molecule has 8 nitrogen and oxygen atoms in total. The second-order valence-corrected chi connectivity index (χ2v) is 7.55. The lowest BCUT2D eigenvalue weighted by molar-refractivity contribution is -0.128. The second kappa shape index (κ2) is 8.33. The number of likely N-dealkylation sites (tertiary alicyclic amines) is 1. The molecule has 1 saturated heterocycles. The van der Waals surface area contributed by atoms with Crippen molar-refractivity contribution < 1.29 is 18.7 Å². The number of anilines is 1. The van der Waals surface area contributed by atoms with E-state index in [1.165, 1.54) is 18.3 Å². The van der Waals surface area contributed by atoms with Crippen molar-refractivity contribution in [1.82, 2.24) is 19.7 Å². The minimum atomic E-state index is -0.503. The Morgan fingerprint density at radius 1 is 1.32 bits per heavy atom. The molecule has 1 N–H and O–H groups in total. The van der Waals surface area contributed by atoms with Gasteiger partial charge in [0.1, 0.15) is 17.4 Å². The van der Waals surface area contributed by atoms with Gasteiger partial charge in [-0.3, -0.25) is 9.48 Å². The predicted molar refractivity (Wildman–Crippen MR) is 113 cm³/mol. The van der Waals surface area contributed by atoms with Crippen LogP contribution in [0.4, 0.5) is 10.1 Å². The summed E-state index contributed by atoms with van der Waals surface area (Å²) in [5.74, 6) is -0.891. The number of pyridine rings is 1. The summed E-state index contributed by atoms with van der Waals surface area (Å²) in [6, 6.07) is 5.62. The number of carbonyl (C=O) groups excluding carboxylic acids is 2. The van der Waals surface area contributed by atoms with Gasteiger partial charge >= 0.3 is 5.97 Å². The standard InChI is InChI=1S/C22H24FN5O3/c1-4-31-22(30)16-11-24-20-18(13(2)26-27(20)3)19(16)25-17-9-10-28(21(17)29)12-14-5-7-15(23)8-6-14/h5-8,11,17H,4,9-10,12H2,1-3H3,(H,24,25). The lowest BCUT2D eigenvalue weighted by Gasteiger charge is -2.19. The van der Waals surface area contributed by atoms with E-state index in [0.29, 0.717) is 41.9 Å². The molecule has 2 aromatic heterocycles. The molecule has 0 aliphatic carbocycles. The van der Waals surface area contributed by atoms with E-state index < -0.39 is 12.0 Å². The quantitative estimate of drug-likeness (QED) is 0.611. The average molecular weight is 425 g/mol. The Morgan fingerprint density at radius 3 is 2.77 bits per heavy atom. The molecule has 3 heterocycles. The fourth-order valence-electron chi connectivity index (χ4n) is 3.94. The van der Waals surface area contributed by atoms with Crippen LogP contribution in [0, 0.1) is 12.7 Å². The number of rotatable bonds is 6. The Kier molecular flexibility index (Phi) is 5.58. The van der Waals surface area contributed by atoms with Crippen molar-refractivity contribution in [2.45, 2.75) is 32.9 Å². The Morgan fingerprint density at radius 2 is 2.06 bits per heavy atom. The van der Waals surface area contributed by atoms with Crippen LogP contribution in [-0.4, -0.2) is 50.7 Å². The Bertz CT molecular complexity index is 1140. The highest BCUT2D eigenvalue weighted by Crippen LogP contribution is 2.31. The third-order valence-corrected chi connectivity index (χ3v) is 5.43. The fraction of sp³-hybridized carbons (Fsp3) is 0.364. The van der Waals surface area contributed by atoms with Crippen molar-refractivity contribution in [3.8, 4) is 0 Å². The van der Waals surface area contributed by atoms with E-state index in [0.717, 1.165) is 5.56 Å². The number of esters is 1. The van der Waals surface area contributed by atoms with Gasteiger partial charge < -0.3 is 15.0 Å². The van der Waals surface area contributed by atoms with Crippen LogP contribution >= 0.6 is 0 Å². The molecule has 31 heavy (non-hydrogen) atoms. The maximum absolute atomic E-state index is 13.2. The fourth-order valence-corrected chi connectivity index (χ4v) is 3.94. The molecule has 1 aliphatic heterocycles. The molecule has 1 atom stereocenters. The zero-order valence-electron chi connectivity index (χ0n) is 17.7. The van der Waals surface area contributed by atoms with Gasteiger partial charge in [0.2, 0.25) is 5.91 Å². The summed E-state index contributed by atoms with van der Waals surface area (Å²) in [6.45, 7) is 4.76. The van der Waals surface area contributed by atoms with Gasteiger partial charge in [-0.05, 0) is 38.0 Å². The number of ether oxygens (including phenoxy) is 1. The molecular formula is C22H24FN5O3. The Hall–Kier alpha value is -3.49.